The normalized spacial score (nSPS) is 9.50. The molecule has 0 bridgehead atoms. The molecule has 1 rings (SSSR count). The van der Waals surface area contributed by atoms with Crippen LogP contribution in [0, 0.1) is 10.1 Å². The molecule has 0 N–H and O–H groups in total. The fraction of sp³-hybridized carbons (Fsp3) is 0.125. The summed E-state index contributed by atoms with van der Waals surface area (Å²) in [4.78, 5) is 13.4. The van der Waals surface area contributed by atoms with Crippen molar-refractivity contribution in [1.29, 1.82) is 0 Å². The Morgan fingerprint density at radius 2 is 2.50 bits per heavy atom. The lowest BCUT2D eigenvalue weighted by Gasteiger charge is -2.02. The molecule has 0 aromatic carbocycles. The highest BCUT2D eigenvalue weighted by atomic mass is 35.5. The van der Waals surface area contributed by atoms with Crippen LogP contribution in [0.5, 0.6) is 5.75 Å². The molecule has 5 nitrogen and oxygen atoms in total. The zero-order valence-corrected chi connectivity index (χ0v) is 7.90. The molecule has 1 aromatic heterocycles. The Morgan fingerprint density at radius 3 is 3.07 bits per heavy atom. The van der Waals surface area contributed by atoms with E-state index in [1.165, 1.54) is 18.3 Å². The number of pyridine rings is 1. The van der Waals surface area contributed by atoms with Crippen LogP contribution in [-0.4, -0.2) is 16.5 Å². The monoisotopic (exact) mass is 214 g/mol. The van der Waals surface area contributed by atoms with Crippen molar-refractivity contribution < 1.29 is 9.66 Å². The molecule has 0 aliphatic rings. The van der Waals surface area contributed by atoms with Gasteiger partial charge in [0.25, 0.3) is 0 Å². The highest BCUT2D eigenvalue weighted by molar-refractivity contribution is 6.30. The second-order valence-electron chi connectivity index (χ2n) is 2.33. The number of rotatable bonds is 4. The minimum Gasteiger partial charge on any atom is -0.481 e. The number of nitrogens with zero attached hydrogens (tertiary/aromatic N) is 2. The maximum Gasteiger partial charge on any atom is 0.406 e. The molecule has 74 valence electrons. The second-order valence-corrected chi connectivity index (χ2v) is 2.77. The topological polar surface area (TPSA) is 65.3 Å². The van der Waals surface area contributed by atoms with E-state index in [-0.39, 0.29) is 23.2 Å². The van der Waals surface area contributed by atoms with Gasteiger partial charge >= 0.3 is 5.82 Å². The highest BCUT2D eigenvalue weighted by Gasteiger charge is 2.16. The van der Waals surface area contributed by atoms with Crippen molar-refractivity contribution in [3.05, 3.63) is 40.1 Å². The van der Waals surface area contributed by atoms with Gasteiger partial charge in [-0.2, -0.15) is 0 Å². The predicted octanol–water partition coefficient (Wildman–Crippen LogP) is 2.21. The Kier molecular flexibility index (Phi) is 3.41. The molecule has 0 atom stereocenters. The molecular formula is C8H7ClN2O3. The lowest BCUT2D eigenvalue weighted by Crippen LogP contribution is -1.99. The molecule has 0 aliphatic carbocycles. The van der Waals surface area contributed by atoms with Crippen molar-refractivity contribution in [3.63, 3.8) is 0 Å². The van der Waals surface area contributed by atoms with E-state index in [1.54, 1.807) is 0 Å². The van der Waals surface area contributed by atoms with Crippen molar-refractivity contribution in [2.24, 2.45) is 0 Å². The molecule has 0 aliphatic heterocycles. The molecule has 0 amide bonds. The number of hydrogen-bond donors (Lipinski definition) is 0. The first-order valence-corrected chi connectivity index (χ1v) is 4.06. The summed E-state index contributed by atoms with van der Waals surface area (Å²) < 4.78 is 5.02. The Labute approximate surface area is 85.1 Å². The Balaban J connectivity index is 3.02. The van der Waals surface area contributed by atoms with Crippen LogP contribution in [0.15, 0.2) is 24.9 Å². The van der Waals surface area contributed by atoms with Crippen LogP contribution in [0.1, 0.15) is 0 Å². The molecule has 0 saturated carbocycles. The van der Waals surface area contributed by atoms with Gasteiger partial charge in [0.15, 0.2) is 6.20 Å². The first-order valence-electron chi connectivity index (χ1n) is 3.68. The standard InChI is InChI=1S/C8H7ClN2O3/c1-2-3-14-7-4-6(9)5-10-8(7)11(12)13/h2,4-5H,1,3H2. The third-order valence-electron chi connectivity index (χ3n) is 1.33. The minimum atomic E-state index is -0.630. The molecule has 1 aromatic rings. The van der Waals surface area contributed by atoms with E-state index in [0.717, 1.165) is 0 Å². The average Bonchev–Trinajstić information content (AvgIpc) is 2.14. The molecule has 0 unspecified atom stereocenters. The van der Waals surface area contributed by atoms with Crippen LogP contribution in [0.4, 0.5) is 5.82 Å². The molecular weight excluding hydrogens is 208 g/mol. The van der Waals surface area contributed by atoms with Gasteiger partial charge in [-0.05, 0) is 9.91 Å². The number of hydrogen-bond acceptors (Lipinski definition) is 4. The maximum absolute atomic E-state index is 10.5. The smallest absolute Gasteiger partial charge is 0.406 e. The zero-order chi connectivity index (χ0) is 10.6. The number of nitro groups is 1. The van der Waals surface area contributed by atoms with E-state index in [2.05, 4.69) is 11.6 Å². The second kappa shape index (κ2) is 4.57. The SMILES string of the molecule is C=CCOc1cc(Cl)cnc1[N+](=O)[O-]. The summed E-state index contributed by atoms with van der Waals surface area (Å²) in [5, 5.41) is 10.8. The van der Waals surface area contributed by atoms with Crippen molar-refractivity contribution in [1.82, 2.24) is 4.98 Å². The van der Waals surface area contributed by atoms with Crippen molar-refractivity contribution in [2.75, 3.05) is 6.61 Å². The van der Waals surface area contributed by atoms with Gasteiger partial charge in [-0.15, -0.1) is 0 Å². The Morgan fingerprint density at radius 1 is 1.79 bits per heavy atom. The number of aromatic nitrogens is 1. The van der Waals surface area contributed by atoms with Gasteiger partial charge in [0.2, 0.25) is 5.75 Å². The molecule has 1 heterocycles. The molecule has 0 spiro atoms. The summed E-state index contributed by atoms with van der Waals surface area (Å²) in [6.07, 6.45) is 2.67. The van der Waals surface area contributed by atoms with E-state index < -0.39 is 4.92 Å². The zero-order valence-electron chi connectivity index (χ0n) is 7.14. The lowest BCUT2D eigenvalue weighted by molar-refractivity contribution is -0.390. The Bertz CT molecular complexity index is 368. The van der Waals surface area contributed by atoms with Gasteiger partial charge in [-0.1, -0.05) is 24.3 Å². The number of halogens is 1. The van der Waals surface area contributed by atoms with Gasteiger partial charge in [0, 0.05) is 6.07 Å². The van der Waals surface area contributed by atoms with E-state index >= 15 is 0 Å². The van der Waals surface area contributed by atoms with Gasteiger partial charge in [0.1, 0.15) is 6.61 Å². The van der Waals surface area contributed by atoms with Crippen LogP contribution in [0.3, 0.4) is 0 Å². The van der Waals surface area contributed by atoms with E-state index in [1.807, 2.05) is 0 Å². The molecule has 0 radical (unpaired) electrons. The maximum atomic E-state index is 10.5. The lowest BCUT2D eigenvalue weighted by atomic mass is 10.4. The van der Waals surface area contributed by atoms with Gasteiger partial charge in [0.05, 0.1) is 5.02 Å². The average molecular weight is 215 g/mol. The summed E-state index contributed by atoms with van der Waals surface area (Å²) in [5.41, 5.74) is 0. The molecule has 0 saturated heterocycles. The van der Waals surface area contributed by atoms with Gasteiger partial charge in [-0.25, -0.2) is 0 Å². The van der Waals surface area contributed by atoms with Crippen molar-refractivity contribution in [3.8, 4) is 5.75 Å². The van der Waals surface area contributed by atoms with Crippen LogP contribution in [-0.2, 0) is 0 Å². The minimum absolute atomic E-state index is 0.0439. The third kappa shape index (κ3) is 2.43. The van der Waals surface area contributed by atoms with Crippen molar-refractivity contribution >= 4 is 17.4 Å². The quantitative estimate of drug-likeness (QED) is 0.438. The summed E-state index contributed by atoms with van der Waals surface area (Å²) in [6, 6.07) is 1.34. The first-order chi connectivity index (χ1) is 6.65. The molecule has 6 heteroatoms. The summed E-state index contributed by atoms with van der Waals surface area (Å²) in [5.74, 6) is -0.307. The van der Waals surface area contributed by atoms with E-state index in [9.17, 15) is 10.1 Å². The Hall–Kier alpha value is -1.62. The fourth-order valence-corrected chi connectivity index (χ4v) is 0.953. The van der Waals surface area contributed by atoms with Crippen LogP contribution >= 0.6 is 11.6 Å². The highest BCUT2D eigenvalue weighted by Crippen LogP contribution is 2.26. The molecule has 0 fully saturated rings. The van der Waals surface area contributed by atoms with Crippen LogP contribution < -0.4 is 4.74 Å². The largest absolute Gasteiger partial charge is 0.481 e. The van der Waals surface area contributed by atoms with Crippen LogP contribution in [0.25, 0.3) is 0 Å². The summed E-state index contributed by atoms with van der Waals surface area (Å²) in [7, 11) is 0. The van der Waals surface area contributed by atoms with E-state index in [0.29, 0.717) is 0 Å². The van der Waals surface area contributed by atoms with Crippen LogP contribution in [0.2, 0.25) is 5.02 Å². The summed E-state index contributed by atoms with van der Waals surface area (Å²) in [6.45, 7) is 3.59. The summed E-state index contributed by atoms with van der Waals surface area (Å²) >= 11 is 5.61. The number of ether oxygens (including phenoxy) is 1. The molecule has 14 heavy (non-hydrogen) atoms. The third-order valence-corrected chi connectivity index (χ3v) is 1.54. The van der Waals surface area contributed by atoms with Gasteiger partial charge < -0.3 is 14.9 Å². The van der Waals surface area contributed by atoms with Gasteiger partial charge in [-0.3, -0.25) is 0 Å². The first kappa shape index (κ1) is 10.5. The fourth-order valence-electron chi connectivity index (χ4n) is 0.806. The van der Waals surface area contributed by atoms with E-state index in [4.69, 9.17) is 16.3 Å². The van der Waals surface area contributed by atoms with Crippen molar-refractivity contribution in [2.45, 2.75) is 0 Å². The predicted molar refractivity (Wildman–Crippen MR) is 51.6 cm³/mol.